The number of benzene rings is 2. The molecule has 9 heteroatoms. The molecule has 2 aromatic rings. The summed E-state index contributed by atoms with van der Waals surface area (Å²) in [4.78, 5) is 16.2. The number of hydrogen-bond donors (Lipinski definition) is 3. The van der Waals surface area contributed by atoms with Crippen LogP contribution < -0.4 is 16.4 Å². The predicted octanol–water partition coefficient (Wildman–Crippen LogP) is 4.00. The SMILES string of the molecule is NC1=N[C@@H](CCc2ccc(NC(=O)Nc3ccc(C(F)(F)F)cc3)cc2)CO1. The van der Waals surface area contributed by atoms with E-state index < -0.39 is 17.8 Å². The van der Waals surface area contributed by atoms with E-state index in [0.29, 0.717) is 12.3 Å². The normalized spacial score (nSPS) is 16.2. The van der Waals surface area contributed by atoms with E-state index >= 15 is 0 Å². The molecule has 1 heterocycles. The summed E-state index contributed by atoms with van der Waals surface area (Å²) in [5.41, 5.74) is 6.61. The van der Waals surface area contributed by atoms with Crippen LogP contribution in [-0.2, 0) is 17.3 Å². The molecule has 0 unspecified atom stereocenters. The van der Waals surface area contributed by atoms with Crippen molar-refractivity contribution in [1.29, 1.82) is 0 Å². The van der Waals surface area contributed by atoms with E-state index in [9.17, 15) is 18.0 Å². The minimum absolute atomic E-state index is 0.0623. The number of nitrogens with zero attached hydrogens (tertiary/aromatic N) is 1. The summed E-state index contributed by atoms with van der Waals surface area (Å²) >= 11 is 0. The summed E-state index contributed by atoms with van der Waals surface area (Å²) in [6, 6.07) is 11.3. The van der Waals surface area contributed by atoms with Crippen LogP contribution in [0.3, 0.4) is 0 Å². The number of aryl methyl sites for hydroxylation is 1. The molecule has 3 rings (SSSR count). The number of rotatable bonds is 5. The maximum atomic E-state index is 12.5. The first-order valence-corrected chi connectivity index (χ1v) is 8.60. The van der Waals surface area contributed by atoms with Crippen LogP contribution in [0, 0.1) is 0 Å². The van der Waals surface area contributed by atoms with Crippen LogP contribution >= 0.6 is 0 Å². The molecule has 0 saturated carbocycles. The Balaban J connectivity index is 1.49. The Labute approximate surface area is 159 Å². The smallest absolute Gasteiger partial charge is 0.416 e. The molecule has 148 valence electrons. The van der Waals surface area contributed by atoms with Crippen molar-refractivity contribution in [1.82, 2.24) is 0 Å². The Morgan fingerprint density at radius 1 is 1.07 bits per heavy atom. The highest BCUT2D eigenvalue weighted by molar-refractivity contribution is 5.99. The van der Waals surface area contributed by atoms with Crippen molar-refractivity contribution >= 4 is 23.4 Å². The number of aliphatic imine (C=N–C) groups is 1. The van der Waals surface area contributed by atoms with Crippen LogP contribution in [0.5, 0.6) is 0 Å². The summed E-state index contributed by atoms with van der Waals surface area (Å²) in [6.07, 6.45) is -2.81. The quantitative estimate of drug-likeness (QED) is 0.719. The summed E-state index contributed by atoms with van der Waals surface area (Å²) in [5, 5.41) is 5.13. The molecule has 6 nitrogen and oxygen atoms in total. The van der Waals surface area contributed by atoms with Gasteiger partial charge in [-0.05, 0) is 54.8 Å². The van der Waals surface area contributed by atoms with E-state index in [0.717, 1.165) is 30.5 Å². The molecular weight excluding hydrogens is 373 g/mol. The molecule has 4 N–H and O–H groups in total. The average Bonchev–Trinajstić information content (AvgIpc) is 3.06. The number of amidine groups is 1. The fourth-order valence-electron chi connectivity index (χ4n) is 2.71. The number of carbonyl (C=O) groups excluding carboxylic acids is 1. The molecule has 2 amide bonds. The zero-order chi connectivity index (χ0) is 20.1. The number of nitrogens with one attached hydrogen (secondary N) is 2. The molecule has 1 aliphatic rings. The van der Waals surface area contributed by atoms with Crippen LogP contribution in [0.15, 0.2) is 53.5 Å². The van der Waals surface area contributed by atoms with Gasteiger partial charge in [0.25, 0.3) is 6.02 Å². The molecule has 0 saturated heterocycles. The lowest BCUT2D eigenvalue weighted by Crippen LogP contribution is -2.19. The van der Waals surface area contributed by atoms with Gasteiger partial charge >= 0.3 is 12.2 Å². The van der Waals surface area contributed by atoms with Gasteiger partial charge in [-0.3, -0.25) is 0 Å². The molecule has 0 spiro atoms. The van der Waals surface area contributed by atoms with Gasteiger partial charge in [0.2, 0.25) is 0 Å². The Morgan fingerprint density at radius 3 is 2.14 bits per heavy atom. The molecule has 1 atom stereocenters. The van der Waals surface area contributed by atoms with Gasteiger partial charge in [0.05, 0.1) is 11.6 Å². The van der Waals surface area contributed by atoms with E-state index in [1.807, 2.05) is 12.1 Å². The van der Waals surface area contributed by atoms with Crippen LogP contribution in [0.1, 0.15) is 17.5 Å². The molecule has 0 radical (unpaired) electrons. The summed E-state index contributed by atoms with van der Waals surface area (Å²) in [5.74, 6) is 0. The molecule has 1 aliphatic heterocycles. The van der Waals surface area contributed by atoms with Crippen LogP contribution in [0.25, 0.3) is 0 Å². The van der Waals surface area contributed by atoms with Crippen molar-refractivity contribution < 1.29 is 22.7 Å². The first kappa shape index (κ1) is 19.5. The molecular formula is C19H19F3N4O2. The minimum Gasteiger partial charge on any atom is -0.463 e. The third-order valence-corrected chi connectivity index (χ3v) is 4.18. The Hall–Kier alpha value is -3.23. The number of alkyl halides is 3. The predicted molar refractivity (Wildman–Crippen MR) is 100 cm³/mol. The van der Waals surface area contributed by atoms with Gasteiger partial charge in [-0.15, -0.1) is 0 Å². The molecule has 0 aliphatic carbocycles. The third kappa shape index (κ3) is 5.38. The third-order valence-electron chi connectivity index (χ3n) is 4.18. The highest BCUT2D eigenvalue weighted by Crippen LogP contribution is 2.29. The maximum absolute atomic E-state index is 12.5. The van der Waals surface area contributed by atoms with Gasteiger partial charge in [-0.25, -0.2) is 9.79 Å². The molecule has 2 aromatic carbocycles. The Morgan fingerprint density at radius 2 is 1.64 bits per heavy atom. The number of nitrogens with two attached hydrogens (primary N) is 1. The van der Waals surface area contributed by atoms with E-state index in [1.165, 1.54) is 12.1 Å². The number of anilines is 2. The lowest BCUT2D eigenvalue weighted by molar-refractivity contribution is -0.137. The Kier molecular flexibility index (Phi) is 5.72. The van der Waals surface area contributed by atoms with Gasteiger partial charge in [0.1, 0.15) is 6.61 Å². The Bertz CT molecular complexity index is 849. The highest BCUT2D eigenvalue weighted by Gasteiger charge is 2.30. The second kappa shape index (κ2) is 8.20. The fraction of sp³-hybridized carbons (Fsp3) is 0.263. The molecule has 0 aromatic heterocycles. The number of ether oxygens (including phenoxy) is 1. The summed E-state index contributed by atoms with van der Waals surface area (Å²) in [6.45, 7) is 0.496. The summed E-state index contributed by atoms with van der Waals surface area (Å²) < 4.78 is 42.7. The minimum atomic E-state index is -4.41. The maximum Gasteiger partial charge on any atom is 0.416 e. The zero-order valence-electron chi connectivity index (χ0n) is 14.8. The number of halogens is 3. The van der Waals surface area contributed by atoms with Gasteiger partial charge in [-0.1, -0.05) is 12.1 Å². The van der Waals surface area contributed by atoms with E-state index in [4.69, 9.17) is 10.5 Å². The van der Waals surface area contributed by atoms with Crippen molar-refractivity contribution in [3.63, 3.8) is 0 Å². The van der Waals surface area contributed by atoms with Crippen molar-refractivity contribution in [2.24, 2.45) is 10.7 Å². The van der Waals surface area contributed by atoms with Gasteiger partial charge in [0, 0.05) is 11.4 Å². The molecule has 0 fully saturated rings. The van der Waals surface area contributed by atoms with Crippen LogP contribution in [-0.4, -0.2) is 24.7 Å². The van der Waals surface area contributed by atoms with Crippen molar-refractivity contribution in [2.75, 3.05) is 17.2 Å². The lowest BCUT2D eigenvalue weighted by Gasteiger charge is -2.10. The van der Waals surface area contributed by atoms with Crippen LogP contribution in [0.2, 0.25) is 0 Å². The number of carbonyl (C=O) groups is 1. The van der Waals surface area contributed by atoms with Gasteiger partial charge in [-0.2, -0.15) is 13.2 Å². The monoisotopic (exact) mass is 392 g/mol. The van der Waals surface area contributed by atoms with Crippen molar-refractivity contribution in [2.45, 2.75) is 25.1 Å². The van der Waals surface area contributed by atoms with E-state index in [-0.39, 0.29) is 17.8 Å². The first-order chi connectivity index (χ1) is 13.3. The van der Waals surface area contributed by atoms with Gasteiger partial charge in [0.15, 0.2) is 0 Å². The first-order valence-electron chi connectivity index (χ1n) is 8.60. The number of urea groups is 1. The molecule has 0 bridgehead atoms. The number of hydrogen-bond acceptors (Lipinski definition) is 4. The fourth-order valence-corrected chi connectivity index (χ4v) is 2.71. The highest BCUT2D eigenvalue weighted by atomic mass is 19.4. The average molecular weight is 392 g/mol. The number of amides is 2. The van der Waals surface area contributed by atoms with Gasteiger partial charge < -0.3 is 21.1 Å². The van der Waals surface area contributed by atoms with Crippen molar-refractivity contribution in [3.05, 3.63) is 59.7 Å². The second-order valence-electron chi connectivity index (χ2n) is 6.32. The lowest BCUT2D eigenvalue weighted by atomic mass is 10.1. The largest absolute Gasteiger partial charge is 0.463 e. The topological polar surface area (TPSA) is 88.7 Å². The zero-order valence-corrected chi connectivity index (χ0v) is 14.8. The summed E-state index contributed by atoms with van der Waals surface area (Å²) in [7, 11) is 0. The second-order valence-corrected chi connectivity index (χ2v) is 6.32. The van der Waals surface area contributed by atoms with Crippen LogP contribution in [0.4, 0.5) is 29.3 Å². The van der Waals surface area contributed by atoms with E-state index in [1.54, 1.807) is 12.1 Å². The molecule has 28 heavy (non-hydrogen) atoms. The van der Waals surface area contributed by atoms with Crippen molar-refractivity contribution in [3.8, 4) is 0 Å². The van der Waals surface area contributed by atoms with E-state index in [2.05, 4.69) is 15.6 Å². The standard InChI is InChI=1S/C19H19F3N4O2/c20-19(21,22)13-4-9-15(10-5-13)26-18(27)25-14-6-1-12(2-7-14)3-8-16-11-28-17(23)24-16/h1-2,4-7,9-10,16H,3,8,11H2,(H2,23,24)(H2,25,26,27)/t16-/m0/s1.